The highest BCUT2D eigenvalue weighted by Gasteiger charge is 2.10. The standard InChI is InChI=1S/C10H16N2O3S/c1-2-7-11-16(14,15)12-10-6-4-3-5-9(10)8-13/h3-6,11-13H,2,7-8H2,1H3. The van der Waals surface area contributed by atoms with Crippen molar-refractivity contribution >= 4 is 15.9 Å². The number of benzene rings is 1. The molecule has 1 aromatic carbocycles. The molecule has 1 aromatic rings. The summed E-state index contributed by atoms with van der Waals surface area (Å²) in [4.78, 5) is 0. The van der Waals surface area contributed by atoms with Crippen LogP contribution in [0.4, 0.5) is 5.69 Å². The molecule has 0 aromatic heterocycles. The molecule has 0 heterocycles. The van der Waals surface area contributed by atoms with Crippen LogP contribution in [0.5, 0.6) is 0 Å². The molecule has 0 spiro atoms. The zero-order valence-electron chi connectivity index (χ0n) is 9.10. The van der Waals surface area contributed by atoms with Gasteiger partial charge < -0.3 is 5.11 Å². The predicted octanol–water partition coefficient (Wildman–Crippen LogP) is 0.835. The van der Waals surface area contributed by atoms with Crippen molar-refractivity contribution in [1.29, 1.82) is 0 Å². The average Bonchev–Trinajstić information content (AvgIpc) is 2.27. The van der Waals surface area contributed by atoms with E-state index < -0.39 is 10.2 Å². The second-order valence-corrected chi connectivity index (χ2v) is 4.81. The van der Waals surface area contributed by atoms with E-state index in [1.165, 1.54) is 0 Å². The van der Waals surface area contributed by atoms with Crippen molar-refractivity contribution in [3.63, 3.8) is 0 Å². The van der Waals surface area contributed by atoms with Gasteiger partial charge in [-0.1, -0.05) is 25.1 Å². The summed E-state index contributed by atoms with van der Waals surface area (Å²) in [7, 11) is -3.54. The monoisotopic (exact) mass is 244 g/mol. The van der Waals surface area contributed by atoms with Crippen molar-refractivity contribution in [1.82, 2.24) is 4.72 Å². The molecule has 0 aliphatic rings. The number of hydrogen-bond donors (Lipinski definition) is 3. The van der Waals surface area contributed by atoms with Gasteiger partial charge in [-0.2, -0.15) is 13.1 Å². The first-order chi connectivity index (χ1) is 7.59. The van der Waals surface area contributed by atoms with E-state index in [0.717, 1.165) is 6.42 Å². The molecule has 0 fully saturated rings. The van der Waals surface area contributed by atoms with E-state index in [1.54, 1.807) is 24.3 Å². The van der Waals surface area contributed by atoms with Gasteiger partial charge in [0, 0.05) is 12.1 Å². The summed E-state index contributed by atoms with van der Waals surface area (Å²) < 4.78 is 27.8. The Hall–Kier alpha value is -1.11. The molecular weight excluding hydrogens is 228 g/mol. The fourth-order valence-corrected chi connectivity index (χ4v) is 2.21. The van der Waals surface area contributed by atoms with Gasteiger partial charge in [0.05, 0.1) is 12.3 Å². The molecule has 5 nitrogen and oxygen atoms in total. The largest absolute Gasteiger partial charge is 0.392 e. The summed E-state index contributed by atoms with van der Waals surface area (Å²) in [6.45, 7) is 2.06. The minimum atomic E-state index is -3.54. The fourth-order valence-electron chi connectivity index (χ4n) is 1.18. The molecular formula is C10H16N2O3S. The number of nitrogens with one attached hydrogen (secondary N) is 2. The van der Waals surface area contributed by atoms with Crippen molar-refractivity contribution in [2.75, 3.05) is 11.3 Å². The fraction of sp³-hybridized carbons (Fsp3) is 0.400. The van der Waals surface area contributed by atoms with E-state index in [-0.39, 0.29) is 6.61 Å². The minimum absolute atomic E-state index is 0.202. The molecule has 0 amide bonds. The summed E-state index contributed by atoms with van der Waals surface area (Å²) in [6, 6.07) is 6.72. The highest BCUT2D eigenvalue weighted by molar-refractivity contribution is 7.90. The maximum absolute atomic E-state index is 11.5. The van der Waals surface area contributed by atoms with Gasteiger partial charge in [0.2, 0.25) is 0 Å². The molecule has 16 heavy (non-hydrogen) atoms. The Morgan fingerprint density at radius 2 is 2.00 bits per heavy atom. The van der Waals surface area contributed by atoms with E-state index >= 15 is 0 Å². The van der Waals surface area contributed by atoms with Crippen molar-refractivity contribution in [3.05, 3.63) is 29.8 Å². The summed E-state index contributed by atoms with van der Waals surface area (Å²) in [5.74, 6) is 0. The summed E-state index contributed by atoms with van der Waals surface area (Å²) in [5, 5.41) is 9.04. The summed E-state index contributed by atoms with van der Waals surface area (Å²) >= 11 is 0. The topological polar surface area (TPSA) is 78.4 Å². The number of hydrogen-bond acceptors (Lipinski definition) is 3. The molecule has 6 heteroatoms. The van der Waals surface area contributed by atoms with Gasteiger partial charge in [-0.25, -0.2) is 0 Å². The van der Waals surface area contributed by atoms with Gasteiger partial charge >= 0.3 is 0 Å². The van der Waals surface area contributed by atoms with Crippen LogP contribution >= 0.6 is 0 Å². The highest BCUT2D eigenvalue weighted by atomic mass is 32.2. The molecule has 0 atom stereocenters. The number of para-hydroxylation sites is 1. The van der Waals surface area contributed by atoms with Gasteiger partial charge in [0.15, 0.2) is 0 Å². The number of aliphatic hydroxyl groups is 1. The van der Waals surface area contributed by atoms with Crippen LogP contribution in [0.3, 0.4) is 0 Å². The molecule has 0 saturated carbocycles. The first kappa shape index (κ1) is 13.0. The van der Waals surface area contributed by atoms with Crippen LogP contribution in [0.1, 0.15) is 18.9 Å². The first-order valence-corrected chi connectivity index (χ1v) is 6.53. The Balaban J connectivity index is 2.79. The van der Waals surface area contributed by atoms with Crippen LogP contribution < -0.4 is 9.44 Å². The van der Waals surface area contributed by atoms with Crippen LogP contribution in [-0.2, 0) is 16.8 Å². The molecule has 3 N–H and O–H groups in total. The van der Waals surface area contributed by atoms with Gasteiger partial charge in [0.25, 0.3) is 10.2 Å². The van der Waals surface area contributed by atoms with Crippen molar-refractivity contribution in [2.45, 2.75) is 20.0 Å². The Morgan fingerprint density at radius 1 is 1.31 bits per heavy atom. The molecule has 0 radical (unpaired) electrons. The molecule has 0 aliphatic heterocycles. The lowest BCUT2D eigenvalue weighted by Crippen LogP contribution is -2.31. The van der Waals surface area contributed by atoms with Gasteiger partial charge in [-0.15, -0.1) is 0 Å². The summed E-state index contributed by atoms with van der Waals surface area (Å²) in [5.41, 5.74) is 0.943. The minimum Gasteiger partial charge on any atom is -0.392 e. The average molecular weight is 244 g/mol. The molecule has 1 rings (SSSR count). The first-order valence-electron chi connectivity index (χ1n) is 5.05. The number of rotatable bonds is 6. The Bertz CT molecular complexity index is 431. The lowest BCUT2D eigenvalue weighted by atomic mass is 10.2. The van der Waals surface area contributed by atoms with Crippen LogP contribution in [0, 0.1) is 0 Å². The van der Waals surface area contributed by atoms with E-state index in [1.807, 2.05) is 6.92 Å². The third-order valence-electron chi connectivity index (χ3n) is 1.97. The molecule has 0 saturated heterocycles. The van der Waals surface area contributed by atoms with Crippen molar-refractivity contribution in [3.8, 4) is 0 Å². The van der Waals surface area contributed by atoms with Crippen LogP contribution in [0.2, 0.25) is 0 Å². The highest BCUT2D eigenvalue weighted by Crippen LogP contribution is 2.15. The second kappa shape index (κ2) is 5.83. The molecule has 0 aliphatic carbocycles. The van der Waals surface area contributed by atoms with Crippen LogP contribution in [0.25, 0.3) is 0 Å². The predicted molar refractivity (Wildman–Crippen MR) is 63.2 cm³/mol. The number of aliphatic hydroxyl groups excluding tert-OH is 1. The lowest BCUT2D eigenvalue weighted by Gasteiger charge is -2.11. The van der Waals surface area contributed by atoms with Gasteiger partial charge in [0.1, 0.15) is 0 Å². The van der Waals surface area contributed by atoms with E-state index in [0.29, 0.717) is 17.8 Å². The quantitative estimate of drug-likeness (QED) is 0.693. The lowest BCUT2D eigenvalue weighted by molar-refractivity contribution is 0.282. The van der Waals surface area contributed by atoms with Crippen LogP contribution in [-0.4, -0.2) is 20.1 Å². The smallest absolute Gasteiger partial charge is 0.299 e. The zero-order chi connectivity index (χ0) is 12.0. The van der Waals surface area contributed by atoms with E-state index in [2.05, 4.69) is 9.44 Å². The Morgan fingerprint density at radius 3 is 2.62 bits per heavy atom. The van der Waals surface area contributed by atoms with Gasteiger partial charge in [-0.3, -0.25) is 4.72 Å². The molecule has 0 unspecified atom stereocenters. The third kappa shape index (κ3) is 3.80. The van der Waals surface area contributed by atoms with E-state index in [4.69, 9.17) is 5.11 Å². The Kier molecular flexibility index (Phi) is 4.72. The summed E-state index contributed by atoms with van der Waals surface area (Å²) in [6.07, 6.45) is 0.725. The SMILES string of the molecule is CCCNS(=O)(=O)Nc1ccccc1CO. The maximum Gasteiger partial charge on any atom is 0.299 e. The second-order valence-electron chi connectivity index (χ2n) is 3.32. The van der Waals surface area contributed by atoms with Crippen LogP contribution in [0.15, 0.2) is 24.3 Å². The Labute approximate surface area is 95.7 Å². The van der Waals surface area contributed by atoms with Crippen molar-refractivity contribution < 1.29 is 13.5 Å². The normalized spacial score (nSPS) is 11.4. The third-order valence-corrected chi connectivity index (χ3v) is 3.05. The maximum atomic E-state index is 11.5. The molecule has 0 bridgehead atoms. The van der Waals surface area contributed by atoms with Crippen molar-refractivity contribution in [2.24, 2.45) is 0 Å². The van der Waals surface area contributed by atoms with E-state index in [9.17, 15) is 8.42 Å². The zero-order valence-corrected chi connectivity index (χ0v) is 9.92. The van der Waals surface area contributed by atoms with Gasteiger partial charge in [-0.05, 0) is 12.5 Å². The molecule has 90 valence electrons. The number of anilines is 1.